The molecule has 2 rings (SSSR count). The number of carboxylic acid groups (broad SMARTS) is 1. The van der Waals surface area contributed by atoms with Crippen molar-refractivity contribution in [2.45, 2.75) is 25.4 Å². The Morgan fingerprint density at radius 3 is 2.65 bits per heavy atom. The Hall–Kier alpha value is -2.08. The minimum Gasteiger partial charge on any atom is -0.480 e. The van der Waals surface area contributed by atoms with E-state index < -0.39 is 24.6 Å². The Balaban J connectivity index is 2.06. The number of carbonyl (C=O) groups is 2. The molecular formula is C14H18N2O4. The third kappa shape index (κ3) is 3.27. The van der Waals surface area contributed by atoms with Crippen LogP contribution in [0, 0.1) is 0 Å². The first-order valence-corrected chi connectivity index (χ1v) is 6.57. The molecule has 0 saturated carbocycles. The number of fused-ring (bicyclic) bond motifs is 1. The molecule has 0 fully saturated rings. The molecular weight excluding hydrogens is 260 g/mol. The zero-order valence-corrected chi connectivity index (χ0v) is 11.1. The number of nitrogens with one attached hydrogen (secondary N) is 1. The zero-order valence-electron chi connectivity index (χ0n) is 11.1. The minimum atomic E-state index is -1.26. The van der Waals surface area contributed by atoms with Crippen LogP contribution in [0.1, 0.15) is 17.5 Å². The number of aliphatic hydroxyl groups excluding tert-OH is 1. The fraction of sp³-hybridized carbons (Fsp3) is 0.429. The average Bonchev–Trinajstić information content (AvgIpc) is 2.66. The van der Waals surface area contributed by atoms with Gasteiger partial charge < -0.3 is 20.4 Å². The van der Waals surface area contributed by atoms with Crippen molar-refractivity contribution < 1.29 is 19.8 Å². The maximum atomic E-state index is 12.1. The van der Waals surface area contributed by atoms with E-state index in [1.807, 2.05) is 24.3 Å². The Bertz CT molecular complexity index is 504. The van der Waals surface area contributed by atoms with Crippen LogP contribution in [0.4, 0.5) is 4.79 Å². The number of aliphatic carboxylic acids is 1. The predicted octanol–water partition coefficient (Wildman–Crippen LogP) is 0.590. The molecule has 1 aliphatic heterocycles. The van der Waals surface area contributed by atoms with Gasteiger partial charge in [0.25, 0.3) is 0 Å². The quantitative estimate of drug-likeness (QED) is 0.755. The van der Waals surface area contributed by atoms with Crippen LogP contribution in [0.2, 0.25) is 0 Å². The van der Waals surface area contributed by atoms with Crippen molar-refractivity contribution >= 4 is 12.0 Å². The van der Waals surface area contributed by atoms with Gasteiger partial charge in [0.1, 0.15) is 0 Å². The van der Waals surface area contributed by atoms with E-state index in [1.165, 1.54) is 5.56 Å². The number of aliphatic hydroxyl groups is 1. The second-order valence-electron chi connectivity index (χ2n) is 4.82. The van der Waals surface area contributed by atoms with Gasteiger partial charge in [0.15, 0.2) is 6.04 Å². The molecule has 0 unspecified atom stereocenters. The van der Waals surface area contributed by atoms with E-state index in [-0.39, 0.29) is 0 Å². The van der Waals surface area contributed by atoms with Crippen molar-refractivity contribution in [2.75, 3.05) is 13.2 Å². The van der Waals surface area contributed by atoms with Crippen LogP contribution in [0.5, 0.6) is 0 Å². The maximum Gasteiger partial charge on any atom is 0.328 e. The highest BCUT2D eigenvalue weighted by molar-refractivity contribution is 5.82. The van der Waals surface area contributed by atoms with Crippen LogP contribution in [0.25, 0.3) is 0 Å². The van der Waals surface area contributed by atoms with Gasteiger partial charge in [0.05, 0.1) is 6.61 Å². The lowest BCUT2D eigenvalue weighted by atomic mass is 10.0. The average molecular weight is 278 g/mol. The Morgan fingerprint density at radius 2 is 2.00 bits per heavy atom. The molecule has 20 heavy (non-hydrogen) atoms. The normalized spacial score (nSPS) is 15.9. The van der Waals surface area contributed by atoms with Crippen LogP contribution in [0.15, 0.2) is 24.3 Å². The summed E-state index contributed by atoms with van der Waals surface area (Å²) in [6.07, 6.45) is 1.74. The lowest BCUT2D eigenvalue weighted by Gasteiger charge is -2.23. The first kappa shape index (κ1) is 14.3. The molecule has 1 heterocycles. The molecule has 6 heteroatoms. The second kappa shape index (κ2) is 6.38. The monoisotopic (exact) mass is 278 g/mol. The summed E-state index contributed by atoms with van der Waals surface area (Å²) in [5.41, 5.74) is 2.30. The van der Waals surface area contributed by atoms with Crippen LogP contribution in [0.3, 0.4) is 0 Å². The molecule has 108 valence electrons. The fourth-order valence-corrected chi connectivity index (χ4v) is 2.30. The van der Waals surface area contributed by atoms with Crippen LogP contribution in [-0.4, -0.2) is 46.3 Å². The van der Waals surface area contributed by atoms with Crippen molar-refractivity contribution in [1.29, 1.82) is 0 Å². The van der Waals surface area contributed by atoms with Gasteiger partial charge in [0.2, 0.25) is 0 Å². The van der Waals surface area contributed by atoms with E-state index >= 15 is 0 Å². The summed E-state index contributed by atoms with van der Waals surface area (Å²) in [4.78, 5) is 24.5. The number of rotatable bonds is 3. The van der Waals surface area contributed by atoms with E-state index in [2.05, 4.69) is 5.32 Å². The standard InChI is InChI=1S/C14H18N2O4/c17-9-12(13(18)19)15-14(20)16-7-3-6-10-4-1-2-5-11(10)8-16/h1-2,4-5,12,17H,3,6-9H2,(H,15,20)(H,18,19)/t12-/m1/s1. The third-order valence-electron chi connectivity index (χ3n) is 3.42. The number of benzene rings is 1. The topological polar surface area (TPSA) is 89.9 Å². The molecule has 2 amide bonds. The highest BCUT2D eigenvalue weighted by atomic mass is 16.4. The van der Waals surface area contributed by atoms with Crippen LogP contribution < -0.4 is 5.32 Å². The van der Waals surface area contributed by atoms with Gasteiger partial charge in [0, 0.05) is 13.1 Å². The van der Waals surface area contributed by atoms with E-state index in [9.17, 15) is 9.59 Å². The predicted molar refractivity (Wildman–Crippen MR) is 72.2 cm³/mol. The van der Waals surface area contributed by atoms with Crippen molar-refractivity contribution in [2.24, 2.45) is 0 Å². The highest BCUT2D eigenvalue weighted by Gasteiger charge is 2.24. The minimum absolute atomic E-state index is 0.455. The van der Waals surface area contributed by atoms with Crippen molar-refractivity contribution in [3.05, 3.63) is 35.4 Å². The number of urea groups is 1. The molecule has 0 aromatic heterocycles. The van der Waals surface area contributed by atoms with Gasteiger partial charge in [-0.2, -0.15) is 0 Å². The number of hydrogen-bond acceptors (Lipinski definition) is 3. The van der Waals surface area contributed by atoms with E-state index in [0.29, 0.717) is 13.1 Å². The molecule has 1 aromatic carbocycles. The highest BCUT2D eigenvalue weighted by Crippen LogP contribution is 2.18. The zero-order chi connectivity index (χ0) is 14.5. The first-order chi connectivity index (χ1) is 9.61. The largest absolute Gasteiger partial charge is 0.480 e. The van der Waals surface area contributed by atoms with Gasteiger partial charge >= 0.3 is 12.0 Å². The van der Waals surface area contributed by atoms with Crippen molar-refractivity contribution in [3.8, 4) is 0 Å². The molecule has 1 aromatic rings. The van der Waals surface area contributed by atoms with Gasteiger partial charge in [-0.1, -0.05) is 24.3 Å². The van der Waals surface area contributed by atoms with E-state index in [1.54, 1.807) is 4.90 Å². The summed E-state index contributed by atoms with van der Waals surface area (Å²) in [5.74, 6) is -1.24. The number of carboxylic acids is 1. The molecule has 0 saturated heterocycles. The summed E-state index contributed by atoms with van der Waals surface area (Å²) in [6, 6.07) is 6.20. The Kier molecular flexibility index (Phi) is 4.57. The van der Waals surface area contributed by atoms with E-state index in [4.69, 9.17) is 10.2 Å². The number of hydrogen-bond donors (Lipinski definition) is 3. The fourth-order valence-electron chi connectivity index (χ4n) is 2.30. The molecule has 1 atom stereocenters. The lowest BCUT2D eigenvalue weighted by molar-refractivity contribution is -0.140. The Labute approximate surface area is 117 Å². The third-order valence-corrected chi connectivity index (χ3v) is 3.42. The van der Waals surface area contributed by atoms with Crippen LogP contribution >= 0.6 is 0 Å². The summed E-state index contributed by atoms with van der Waals surface area (Å²) < 4.78 is 0. The van der Waals surface area contributed by atoms with Crippen molar-refractivity contribution in [1.82, 2.24) is 10.2 Å². The number of amides is 2. The first-order valence-electron chi connectivity index (χ1n) is 6.57. The number of carbonyl (C=O) groups excluding carboxylic acids is 1. The molecule has 3 N–H and O–H groups in total. The number of nitrogens with zero attached hydrogens (tertiary/aromatic N) is 1. The second-order valence-corrected chi connectivity index (χ2v) is 4.82. The molecule has 0 bridgehead atoms. The van der Waals surface area contributed by atoms with Gasteiger partial charge in [-0.3, -0.25) is 0 Å². The molecule has 0 spiro atoms. The maximum absolute atomic E-state index is 12.1. The number of aryl methyl sites for hydroxylation is 1. The van der Waals surface area contributed by atoms with Crippen LogP contribution in [-0.2, 0) is 17.8 Å². The summed E-state index contributed by atoms with van der Waals surface area (Å²) >= 11 is 0. The van der Waals surface area contributed by atoms with Gasteiger partial charge in [-0.25, -0.2) is 9.59 Å². The summed E-state index contributed by atoms with van der Waals surface area (Å²) in [5, 5.41) is 20.1. The molecule has 6 nitrogen and oxygen atoms in total. The molecule has 1 aliphatic rings. The van der Waals surface area contributed by atoms with Gasteiger partial charge in [-0.05, 0) is 24.0 Å². The van der Waals surface area contributed by atoms with E-state index in [0.717, 1.165) is 18.4 Å². The van der Waals surface area contributed by atoms with Gasteiger partial charge in [-0.15, -0.1) is 0 Å². The lowest BCUT2D eigenvalue weighted by Crippen LogP contribution is -2.49. The Morgan fingerprint density at radius 1 is 1.30 bits per heavy atom. The summed E-state index contributed by atoms with van der Waals surface area (Å²) in [7, 11) is 0. The molecule has 0 aliphatic carbocycles. The summed E-state index contributed by atoms with van der Waals surface area (Å²) in [6.45, 7) is 0.406. The molecule has 0 radical (unpaired) electrons. The van der Waals surface area contributed by atoms with Crippen molar-refractivity contribution in [3.63, 3.8) is 0 Å². The smallest absolute Gasteiger partial charge is 0.328 e. The SMILES string of the molecule is O=C(O)[C@@H](CO)NC(=O)N1CCCc2ccccc2C1.